The Hall–Kier alpha value is -1.42. The van der Waals surface area contributed by atoms with E-state index in [2.05, 4.69) is 4.90 Å². The van der Waals surface area contributed by atoms with Crippen LogP contribution in [0.3, 0.4) is 0 Å². The maximum atomic E-state index is 13.0. The van der Waals surface area contributed by atoms with Crippen LogP contribution in [0.25, 0.3) is 0 Å². The second kappa shape index (κ2) is 5.70. The van der Waals surface area contributed by atoms with E-state index >= 15 is 0 Å². The van der Waals surface area contributed by atoms with Crippen molar-refractivity contribution < 1.29 is 13.9 Å². The van der Waals surface area contributed by atoms with E-state index in [0.29, 0.717) is 0 Å². The van der Waals surface area contributed by atoms with Gasteiger partial charge < -0.3 is 9.64 Å². The van der Waals surface area contributed by atoms with Crippen molar-refractivity contribution in [3.63, 3.8) is 0 Å². The molecule has 1 heterocycles. The molecule has 3 nitrogen and oxygen atoms in total. The van der Waals surface area contributed by atoms with Crippen molar-refractivity contribution in [3.8, 4) is 0 Å². The Kier molecular flexibility index (Phi) is 4.20. The van der Waals surface area contributed by atoms with E-state index in [1.807, 2.05) is 14.0 Å². The summed E-state index contributed by atoms with van der Waals surface area (Å²) in [5.41, 5.74) is 1.01. The fourth-order valence-corrected chi connectivity index (χ4v) is 2.92. The first-order valence-corrected chi connectivity index (χ1v) is 6.58. The third kappa shape index (κ3) is 2.78. The van der Waals surface area contributed by atoms with Gasteiger partial charge in [-0.05, 0) is 50.6 Å². The molecule has 0 bridgehead atoms. The minimum absolute atomic E-state index is 0.0965. The maximum absolute atomic E-state index is 13.0. The Balaban J connectivity index is 2.30. The van der Waals surface area contributed by atoms with Crippen LogP contribution in [0, 0.1) is 11.7 Å². The molecule has 1 aromatic rings. The lowest BCUT2D eigenvalue weighted by Crippen LogP contribution is -2.48. The third-order valence-electron chi connectivity index (χ3n) is 4.21. The first-order valence-electron chi connectivity index (χ1n) is 6.58. The van der Waals surface area contributed by atoms with Gasteiger partial charge in [0.2, 0.25) is 0 Å². The summed E-state index contributed by atoms with van der Waals surface area (Å²) in [6.07, 6.45) is 0.881. The van der Waals surface area contributed by atoms with Crippen molar-refractivity contribution >= 4 is 5.97 Å². The molecule has 1 aromatic carbocycles. The van der Waals surface area contributed by atoms with Gasteiger partial charge in [0.25, 0.3) is 0 Å². The van der Waals surface area contributed by atoms with Crippen LogP contribution >= 0.6 is 0 Å². The van der Waals surface area contributed by atoms with E-state index < -0.39 is 0 Å². The van der Waals surface area contributed by atoms with Crippen LogP contribution in [0.4, 0.5) is 4.39 Å². The summed E-state index contributed by atoms with van der Waals surface area (Å²) >= 11 is 0. The molecule has 0 amide bonds. The van der Waals surface area contributed by atoms with Crippen LogP contribution < -0.4 is 0 Å². The number of nitrogens with zero attached hydrogens (tertiary/aromatic N) is 1. The average molecular weight is 265 g/mol. The highest BCUT2D eigenvalue weighted by molar-refractivity contribution is 5.74. The number of ether oxygens (including phenoxy) is 1. The number of esters is 1. The molecule has 0 aromatic heterocycles. The van der Waals surface area contributed by atoms with Gasteiger partial charge in [-0.3, -0.25) is 4.79 Å². The molecule has 1 aliphatic rings. The Morgan fingerprint density at radius 3 is 2.58 bits per heavy atom. The number of halogens is 1. The molecular formula is C15H20FNO2. The molecule has 0 radical (unpaired) electrons. The Morgan fingerprint density at radius 1 is 1.37 bits per heavy atom. The van der Waals surface area contributed by atoms with Gasteiger partial charge in [-0.15, -0.1) is 0 Å². The number of likely N-dealkylation sites (tertiary alicyclic amines) is 1. The predicted octanol–water partition coefficient (Wildman–Crippen LogP) is 2.42. The fraction of sp³-hybridized carbons (Fsp3) is 0.533. The van der Waals surface area contributed by atoms with Crippen molar-refractivity contribution in [2.24, 2.45) is 5.92 Å². The van der Waals surface area contributed by atoms with Gasteiger partial charge in [0.15, 0.2) is 0 Å². The molecule has 1 aliphatic heterocycles. The Bertz CT molecular complexity index is 446. The molecule has 3 atom stereocenters. The SMILES string of the molecule is COC(=O)C1C(C)N(C)CC[C@@H]1c1ccc(F)cc1. The molecule has 104 valence electrons. The Morgan fingerprint density at radius 2 is 2.00 bits per heavy atom. The molecule has 0 spiro atoms. The van der Waals surface area contributed by atoms with E-state index in [9.17, 15) is 9.18 Å². The van der Waals surface area contributed by atoms with Crippen LogP contribution in [0.5, 0.6) is 0 Å². The largest absolute Gasteiger partial charge is 0.469 e. The lowest BCUT2D eigenvalue weighted by Gasteiger charge is -2.41. The highest BCUT2D eigenvalue weighted by Crippen LogP contribution is 2.37. The van der Waals surface area contributed by atoms with Crippen LogP contribution in [0.1, 0.15) is 24.8 Å². The lowest BCUT2D eigenvalue weighted by atomic mass is 9.76. The highest BCUT2D eigenvalue weighted by atomic mass is 19.1. The van der Waals surface area contributed by atoms with Crippen LogP contribution in [0.15, 0.2) is 24.3 Å². The lowest BCUT2D eigenvalue weighted by molar-refractivity contribution is -0.150. The van der Waals surface area contributed by atoms with Crippen molar-refractivity contribution in [1.29, 1.82) is 0 Å². The molecule has 19 heavy (non-hydrogen) atoms. The summed E-state index contributed by atoms with van der Waals surface area (Å²) in [5, 5.41) is 0. The monoisotopic (exact) mass is 265 g/mol. The zero-order chi connectivity index (χ0) is 14.0. The molecule has 0 aliphatic carbocycles. The molecule has 0 N–H and O–H groups in total. The minimum Gasteiger partial charge on any atom is -0.469 e. The van der Waals surface area contributed by atoms with E-state index in [1.165, 1.54) is 19.2 Å². The smallest absolute Gasteiger partial charge is 0.310 e. The van der Waals surface area contributed by atoms with E-state index in [4.69, 9.17) is 4.74 Å². The van der Waals surface area contributed by atoms with Gasteiger partial charge in [-0.2, -0.15) is 0 Å². The number of carbonyl (C=O) groups is 1. The van der Waals surface area contributed by atoms with E-state index in [1.54, 1.807) is 12.1 Å². The molecule has 1 fully saturated rings. The zero-order valence-corrected chi connectivity index (χ0v) is 11.6. The van der Waals surface area contributed by atoms with Crippen LogP contribution in [0.2, 0.25) is 0 Å². The summed E-state index contributed by atoms with van der Waals surface area (Å²) in [6, 6.07) is 6.57. The van der Waals surface area contributed by atoms with Crippen molar-refractivity contribution in [2.75, 3.05) is 20.7 Å². The average Bonchev–Trinajstić information content (AvgIpc) is 2.42. The Labute approximate surface area is 113 Å². The van der Waals surface area contributed by atoms with Crippen molar-refractivity contribution in [3.05, 3.63) is 35.6 Å². The van der Waals surface area contributed by atoms with Gasteiger partial charge in [-0.1, -0.05) is 12.1 Å². The number of hydrogen-bond donors (Lipinski definition) is 0. The second-order valence-corrected chi connectivity index (χ2v) is 5.22. The van der Waals surface area contributed by atoms with Gasteiger partial charge in [0.1, 0.15) is 5.82 Å². The quantitative estimate of drug-likeness (QED) is 0.769. The number of benzene rings is 1. The standard InChI is InChI=1S/C15H20FNO2/c1-10-14(15(18)19-3)13(8-9-17(10)2)11-4-6-12(16)7-5-11/h4-7,10,13-14H,8-9H2,1-3H3/t10?,13-,14?/m1/s1. The van der Waals surface area contributed by atoms with Gasteiger partial charge >= 0.3 is 5.97 Å². The van der Waals surface area contributed by atoms with E-state index in [-0.39, 0.29) is 29.7 Å². The first kappa shape index (κ1) is 14.0. The number of methoxy groups -OCH3 is 1. The van der Waals surface area contributed by atoms with Crippen LogP contribution in [-0.2, 0) is 9.53 Å². The van der Waals surface area contributed by atoms with Crippen molar-refractivity contribution in [1.82, 2.24) is 4.90 Å². The third-order valence-corrected chi connectivity index (χ3v) is 4.21. The minimum atomic E-state index is -0.251. The number of hydrogen-bond acceptors (Lipinski definition) is 3. The number of piperidine rings is 1. The number of carbonyl (C=O) groups excluding carboxylic acids is 1. The fourth-order valence-electron chi connectivity index (χ4n) is 2.92. The van der Waals surface area contributed by atoms with Gasteiger partial charge in [-0.25, -0.2) is 4.39 Å². The summed E-state index contributed by atoms with van der Waals surface area (Å²) in [7, 11) is 3.44. The van der Waals surface area contributed by atoms with Gasteiger partial charge in [0.05, 0.1) is 13.0 Å². The molecule has 0 saturated carbocycles. The summed E-state index contributed by atoms with van der Waals surface area (Å²) in [6.45, 7) is 2.97. The maximum Gasteiger partial charge on any atom is 0.310 e. The molecule has 2 rings (SSSR count). The molecular weight excluding hydrogens is 245 g/mol. The zero-order valence-electron chi connectivity index (χ0n) is 11.6. The first-order chi connectivity index (χ1) is 9.04. The predicted molar refractivity (Wildman–Crippen MR) is 71.4 cm³/mol. The molecule has 2 unspecified atom stereocenters. The number of rotatable bonds is 2. The van der Waals surface area contributed by atoms with Crippen LogP contribution in [-0.4, -0.2) is 37.6 Å². The molecule has 4 heteroatoms. The normalized spacial score (nSPS) is 28.1. The second-order valence-electron chi connectivity index (χ2n) is 5.22. The topological polar surface area (TPSA) is 29.5 Å². The molecule has 1 saturated heterocycles. The van der Waals surface area contributed by atoms with Crippen molar-refractivity contribution in [2.45, 2.75) is 25.3 Å². The summed E-state index contributed by atoms with van der Waals surface area (Å²) in [5.74, 6) is -0.541. The summed E-state index contributed by atoms with van der Waals surface area (Å²) in [4.78, 5) is 14.2. The van der Waals surface area contributed by atoms with Gasteiger partial charge in [0, 0.05) is 6.04 Å². The highest BCUT2D eigenvalue weighted by Gasteiger charge is 2.40. The van der Waals surface area contributed by atoms with E-state index in [0.717, 1.165) is 18.5 Å². The summed E-state index contributed by atoms with van der Waals surface area (Å²) < 4.78 is 18.0.